The summed E-state index contributed by atoms with van der Waals surface area (Å²) < 4.78 is 5.96. The highest BCUT2D eigenvalue weighted by molar-refractivity contribution is 9.10. The molecule has 6 nitrogen and oxygen atoms in total. The molecule has 0 radical (unpaired) electrons. The molecule has 3 aliphatic rings. The third-order valence-corrected chi connectivity index (χ3v) is 7.80. The molecule has 2 fully saturated rings. The number of fused-ring (bicyclic) bond motifs is 5. The number of ketones is 1. The number of rotatable bonds is 4. The Morgan fingerprint density at radius 3 is 2.37 bits per heavy atom. The lowest BCUT2D eigenvalue weighted by Crippen LogP contribution is -2.44. The zero-order chi connectivity index (χ0) is 24.3. The van der Waals surface area contributed by atoms with Crippen LogP contribution in [0.5, 0.6) is 5.75 Å². The Hall–Kier alpha value is -3.71. The Bertz CT molecular complexity index is 1400. The normalized spacial score (nSPS) is 24.3. The summed E-state index contributed by atoms with van der Waals surface area (Å²) in [5, 5.41) is 0. The zero-order valence-electron chi connectivity index (χ0n) is 18.8. The fourth-order valence-electron chi connectivity index (χ4n) is 5.68. The van der Waals surface area contributed by atoms with Crippen LogP contribution in [0.3, 0.4) is 0 Å². The van der Waals surface area contributed by atoms with Crippen molar-refractivity contribution in [1.29, 1.82) is 0 Å². The van der Waals surface area contributed by atoms with Gasteiger partial charge in [0.25, 0.3) is 0 Å². The van der Waals surface area contributed by atoms with E-state index in [0.717, 1.165) is 11.1 Å². The summed E-state index contributed by atoms with van der Waals surface area (Å²) in [5.74, 6) is -1.65. The van der Waals surface area contributed by atoms with Gasteiger partial charge in [-0.15, -0.1) is 0 Å². The van der Waals surface area contributed by atoms with Crippen molar-refractivity contribution in [3.8, 4) is 5.75 Å². The lowest BCUT2D eigenvalue weighted by Gasteiger charge is -2.35. The maximum atomic E-state index is 14.0. The third-order valence-electron chi connectivity index (χ3n) is 7.18. The number of ether oxygens (including phenoxy) is 1. The largest absolute Gasteiger partial charge is 0.496 e. The van der Waals surface area contributed by atoms with E-state index in [1.807, 2.05) is 47.5 Å². The van der Waals surface area contributed by atoms with Gasteiger partial charge in [-0.25, -0.2) is 4.90 Å². The van der Waals surface area contributed by atoms with Crippen LogP contribution in [0.15, 0.2) is 83.5 Å². The van der Waals surface area contributed by atoms with Crippen molar-refractivity contribution in [1.82, 2.24) is 4.90 Å². The summed E-state index contributed by atoms with van der Waals surface area (Å²) in [5.41, 5.74) is 2.92. The van der Waals surface area contributed by atoms with Crippen molar-refractivity contribution in [3.05, 3.63) is 100 Å². The van der Waals surface area contributed by atoms with Gasteiger partial charge in [-0.2, -0.15) is 0 Å². The Morgan fingerprint density at radius 1 is 0.914 bits per heavy atom. The van der Waals surface area contributed by atoms with Crippen molar-refractivity contribution in [2.75, 3.05) is 12.0 Å². The Labute approximate surface area is 210 Å². The van der Waals surface area contributed by atoms with E-state index in [-0.39, 0.29) is 17.6 Å². The standard InChI is InChI=1S/C28H21BrN2O4/c1-35-21-12-11-17(15-20(21)29)26(32)25-23-22(24-19-10-6-5-7-16(19)13-14-30(24)25)27(33)31(28(23)34)18-8-3-2-4-9-18/h2-15,22-25H,1H3/t22-,23+,24+,25-/m1/s1. The van der Waals surface area contributed by atoms with Crippen LogP contribution in [0.2, 0.25) is 0 Å². The van der Waals surface area contributed by atoms with Gasteiger partial charge in [0, 0.05) is 11.8 Å². The number of carbonyl (C=O) groups is 3. The molecular formula is C28H21BrN2O4. The number of nitrogens with zero attached hydrogens (tertiary/aromatic N) is 2. The molecule has 0 aromatic heterocycles. The van der Waals surface area contributed by atoms with Gasteiger partial charge >= 0.3 is 0 Å². The minimum absolute atomic E-state index is 0.203. The number of hydrogen-bond acceptors (Lipinski definition) is 5. The molecule has 174 valence electrons. The van der Waals surface area contributed by atoms with Crippen molar-refractivity contribution >= 4 is 45.3 Å². The average molecular weight is 529 g/mol. The molecule has 35 heavy (non-hydrogen) atoms. The predicted molar refractivity (Wildman–Crippen MR) is 135 cm³/mol. The fourth-order valence-corrected chi connectivity index (χ4v) is 6.22. The molecule has 0 N–H and O–H groups in total. The quantitative estimate of drug-likeness (QED) is 0.357. The Morgan fingerprint density at radius 2 is 1.63 bits per heavy atom. The number of imide groups is 1. The molecule has 3 heterocycles. The molecule has 2 amide bonds. The van der Waals surface area contributed by atoms with E-state index in [0.29, 0.717) is 21.5 Å². The molecule has 0 unspecified atom stereocenters. The van der Waals surface area contributed by atoms with E-state index < -0.39 is 23.9 Å². The van der Waals surface area contributed by atoms with Gasteiger partial charge in [0.2, 0.25) is 11.8 Å². The molecule has 0 aliphatic carbocycles. The summed E-state index contributed by atoms with van der Waals surface area (Å²) in [7, 11) is 1.56. The van der Waals surface area contributed by atoms with Crippen LogP contribution in [0.1, 0.15) is 27.5 Å². The number of Topliss-reactive ketones (excluding diaryl/α,β-unsaturated/α-hetero) is 1. The molecular weight excluding hydrogens is 508 g/mol. The lowest BCUT2D eigenvalue weighted by atomic mass is 9.83. The number of para-hydroxylation sites is 1. The molecule has 0 saturated carbocycles. The van der Waals surface area contributed by atoms with E-state index in [1.165, 1.54) is 4.90 Å². The van der Waals surface area contributed by atoms with Gasteiger partial charge in [-0.05, 0) is 63.5 Å². The van der Waals surface area contributed by atoms with Gasteiger partial charge in [-0.3, -0.25) is 14.4 Å². The smallest absolute Gasteiger partial charge is 0.240 e. The van der Waals surface area contributed by atoms with Gasteiger partial charge in [-0.1, -0.05) is 42.5 Å². The maximum absolute atomic E-state index is 14.0. The van der Waals surface area contributed by atoms with E-state index in [4.69, 9.17) is 4.74 Å². The molecule has 6 rings (SSSR count). The Kier molecular flexibility index (Phi) is 5.11. The van der Waals surface area contributed by atoms with Crippen molar-refractivity contribution in [2.24, 2.45) is 11.8 Å². The van der Waals surface area contributed by atoms with Crippen molar-refractivity contribution in [2.45, 2.75) is 12.1 Å². The highest BCUT2D eigenvalue weighted by Crippen LogP contribution is 2.53. The van der Waals surface area contributed by atoms with E-state index in [1.54, 1.807) is 49.6 Å². The Balaban J connectivity index is 1.49. The number of halogens is 1. The zero-order valence-corrected chi connectivity index (χ0v) is 20.4. The van der Waals surface area contributed by atoms with Crippen LogP contribution in [-0.2, 0) is 9.59 Å². The van der Waals surface area contributed by atoms with E-state index in [2.05, 4.69) is 15.9 Å². The topological polar surface area (TPSA) is 66.9 Å². The van der Waals surface area contributed by atoms with Crippen LogP contribution >= 0.6 is 15.9 Å². The molecule has 7 heteroatoms. The summed E-state index contributed by atoms with van der Waals surface area (Å²) in [6.45, 7) is 0. The molecule has 0 spiro atoms. The second-order valence-corrected chi connectivity index (χ2v) is 9.75. The monoisotopic (exact) mass is 528 g/mol. The number of anilines is 1. The van der Waals surface area contributed by atoms with E-state index in [9.17, 15) is 14.4 Å². The molecule has 0 bridgehead atoms. The van der Waals surface area contributed by atoms with Gasteiger partial charge in [0.15, 0.2) is 5.78 Å². The van der Waals surface area contributed by atoms with Crippen LogP contribution in [0, 0.1) is 11.8 Å². The maximum Gasteiger partial charge on any atom is 0.240 e. The molecule has 3 aliphatic heterocycles. The number of hydrogen-bond donors (Lipinski definition) is 0. The first-order chi connectivity index (χ1) is 17.0. The first-order valence-electron chi connectivity index (χ1n) is 11.4. The van der Waals surface area contributed by atoms with Gasteiger partial charge in [0.1, 0.15) is 11.8 Å². The summed E-state index contributed by atoms with van der Waals surface area (Å²) in [4.78, 5) is 44.8. The molecule has 3 aromatic carbocycles. The van der Waals surface area contributed by atoms with Crippen molar-refractivity contribution < 1.29 is 19.1 Å². The van der Waals surface area contributed by atoms with Gasteiger partial charge < -0.3 is 9.64 Å². The predicted octanol–water partition coefficient (Wildman–Crippen LogP) is 4.86. The van der Waals surface area contributed by atoms with Crippen LogP contribution in [-0.4, -0.2) is 35.6 Å². The minimum atomic E-state index is -0.805. The van der Waals surface area contributed by atoms with E-state index >= 15 is 0 Å². The van der Waals surface area contributed by atoms with Crippen molar-refractivity contribution in [3.63, 3.8) is 0 Å². The second kappa shape index (κ2) is 8.20. The number of carbonyl (C=O) groups excluding carboxylic acids is 3. The average Bonchev–Trinajstić information content (AvgIpc) is 3.36. The number of methoxy groups -OCH3 is 1. The molecule has 3 aromatic rings. The first kappa shape index (κ1) is 21.8. The molecule has 4 atom stereocenters. The highest BCUT2D eigenvalue weighted by Gasteiger charge is 2.64. The second-order valence-electron chi connectivity index (χ2n) is 8.89. The summed E-state index contributed by atoms with van der Waals surface area (Å²) in [6, 6.07) is 20.7. The number of amides is 2. The van der Waals surface area contributed by atoms with Crippen LogP contribution < -0.4 is 9.64 Å². The van der Waals surface area contributed by atoms with Crippen LogP contribution in [0.4, 0.5) is 5.69 Å². The summed E-state index contributed by atoms with van der Waals surface area (Å²) >= 11 is 3.46. The third kappa shape index (κ3) is 3.18. The lowest BCUT2D eigenvalue weighted by molar-refractivity contribution is -0.123. The fraction of sp³-hybridized carbons (Fsp3) is 0.179. The number of benzene rings is 3. The van der Waals surface area contributed by atoms with Gasteiger partial charge in [0.05, 0.1) is 35.1 Å². The first-order valence-corrected chi connectivity index (χ1v) is 12.2. The van der Waals surface area contributed by atoms with Crippen LogP contribution in [0.25, 0.3) is 6.08 Å². The summed E-state index contributed by atoms with van der Waals surface area (Å²) in [6.07, 6.45) is 3.81. The molecule has 2 saturated heterocycles. The SMILES string of the molecule is COc1ccc(C(=O)[C@H]2[C@H]3C(=O)N(c4ccccc4)C(=O)[C@H]3[C@@H]3c4ccccc4C=CN23)cc1Br. The highest BCUT2D eigenvalue weighted by atomic mass is 79.9. The minimum Gasteiger partial charge on any atom is -0.496 e.